The molecule has 180 valence electrons. The molecule has 0 aromatic carbocycles. The van der Waals surface area contributed by atoms with Gasteiger partial charge >= 0.3 is 0 Å². The molecule has 3 aliphatic rings. The van der Waals surface area contributed by atoms with Crippen LogP contribution < -0.4 is 0 Å². The van der Waals surface area contributed by atoms with Crippen LogP contribution in [-0.4, -0.2) is 45.9 Å². The Kier molecular flexibility index (Phi) is 4.94. The van der Waals surface area contributed by atoms with Crippen molar-refractivity contribution in [2.75, 3.05) is 6.61 Å². The molecule has 4 aromatic heterocycles. The summed E-state index contributed by atoms with van der Waals surface area (Å²) in [5.74, 6) is 2.47. The lowest BCUT2D eigenvalue weighted by molar-refractivity contribution is 0.00391. The molecule has 4 aromatic rings. The van der Waals surface area contributed by atoms with Gasteiger partial charge in [-0.1, -0.05) is 0 Å². The normalized spacial score (nSPS) is 24.6. The van der Waals surface area contributed by atoms with Gasteiger partial charge in [-0.3, -0.25) is 4.68 Å². The zero-order valence-electron chi connectivity index (χ0n) is 20.3. The minimum Gasteiger partial charge on any atom is -0.373 e. The maximum Gasteiger partial charge on any atom is 0.182 e. The van der Waals surface area contributed by atoms with Crippen LogP contribution in [0.4, 0.5) is 0 Å². The number of fused-ring (bicyclic) bond motifs is 2. The number of aryl methyl sites for hydroxylation is 3. The second-order valence-corrected chi connectivity index (χ2v) is 10.3. The molecule has 9 heteroatoms. The topological polar surface area (TPSA) is 96.4 Å². The van der Waals surface area contributed by atoms with E-state index in [4.69, 9.17) is 24.7 Å². The Morgan fingerprint density at radius 2 is 1.86 bits per heavy atom. The Balaban J connectivity index is 1.25. The van der Waals surface area contributed by atoms with E-state index in [-0.39, 0.29) is 17.9 Å². The summed E-state index contributed by atoms with van der Waals surface area (Å²) in [5.41, 5.74) is 5.60. The molecule has 3 atom stereocenters. The molecule has 0 spiro atoms. The molecule has 0 bridgehead atoms. The maximum absolute atomic E-state index is 6.18. The van der Waals surface area contributed by atoms with Crippen LogP contribution >= 0.6 is 0 Å². The molecule has 35 heavy (non-hydrogen) atoms. The fourth-order valence-corrected chi connectivity index (χ4v) is 5.52. The average molecular weight is 471 g/mol. The minimum atomic E-state index is 0.0250. The van der Waals surface area contributed by atoms with Gasteiger partial charge in [0.25, 0.3) is 0 Å². The van der Waals surface area contributed by atoms with Crippen molar-refractivity contribution in [3.05, 3.63) is 59.1 Å². The first-order chi connectivity index (χ1) is 17.1. The molecule has 2 fully saturated rings. The molecule has 1 unspecified atom stereocenters. The third-order valence-electron chi connectivity index (χ3n) is 7.89. The van der Waals surface area contributed by atoms with Gasteiger partial charge in [0.1, 0.15) is 17.2 Å². The highest BCUT2D eigenvalue weighted by molar-refractivity contribution is 5.73. The zero-order chi connectivity index (χ0) is 23.5. The van der Waals surface area contributed by atoms with Crippen molar-refractivity contribution in [3.63, 3.8) is 0 Å². The summed E-state index contributed by atoms with van der Waals surface area (Å²) in [6.45, 7) is 5.66. The molecule has 1 aliphatic carbocycles. The summed E-state index contributed by atoms with van der Waals surface area (Å²) in [5, 5.41) is 4.58. The molecule has 0 N–H and O–H groups in total. The summed E-state index contributed by atoms with van der Waals surface area (Å²) >= 11 is 0. The zero-order valence-corrected chi connectivity index (χ0v) is 20.3. The van der Waals surface area contributed by atoms with Crippen molar-refractivity contribution in [1.29, 1.82) is 0 Å². The van der Waals surface area contributed by atoms with Gasteiger partial charge in [0, 0.05) is 55.6 Å². The summed E-state index contributed by atoms with van der Waals surface area (Å²) < 4.78 is 10.5. The van der Waals surface area contributed by atoms with Crippen molar-refractivity contribution in [2.24, 2.45) is 0 Å². The van der Waals surface area contributed by atoms with Gasteiger partial charge in [0.2, 0.25) is 0 Å². The van der Waals surface area contributed by atoms with Crippen molar-refractivity contribution in [1.82, 2.24) is 39.3 Å². The van der Waals surface area contributed by atoms with Crippen molar-refractivity contribution >= 4 is 11.2 Å². The lowest BCUT2D eigenvalue weighted by atomic mass is 9.90. The highest BCUT2D eigenvalue weighted by Crippen LogP contribution is 2.40. The second kappa shape index (κ2) is 8.19. The van der Waals surface area contributed by atoms with E-state index in [2.05, 4.69) is 31.7 Å². The van der Waals surface area contributed by atoms with Crippen LogP contribution in [0, 0.1) is 13.8 Å². The molecule has 7 rings (SSSR count). The first-order valence-corrected chi connectivity index (χ1v) is 12.8. The molecule has 0 amide bonds. The number of nitrogens with zero attached hydrogens (tertiary/aromatic N) is 8. The van der Waals surface area contributed by atoms with E-state index in [0.717, 1.165) is 72.0 Å². The van der Waals surface area contributed by atoms with Crippen molar-refractivity contribution < 1.29 is 4.74 Å². The van der Waals surface area contributed by atoms with Crippen LogP contribution in [0.15, 0.2) is 24.8 Å². The molecular formula is C26H30N8O. The molecule has 9 nitrogen and oxygen atoms in total. The van der Waals surface area contributed by atoms with Gasteiger partial charge in [-0.2, -0.15) is 5.10 Å². The number of ether oxygens (including phenoxy) is 1. The first kappa shape index (κ1) is 21.1. The Bertz CT molecular complexity index is 1400. The molecule has 0 radical (unpaired) electrons. The SMILES string of the molecule is Cc1nc2nc([C@@H]3CCO[C@@H](c4cnn(C5CC5)c4)C3)nc(C3CCn4ccnc4C3)c2nc1C. The van der Waals surface area contributed by atoms with Gasteiger partial charge in [0.05, 0.1) is 35.4 Å². The van der Waals surface area contributed by atoms with E-state index in [1.165, 1.54) is 12.8 Å². The largest absolute Gasteiger partial charge is 0.373 e. The summed E-state index contributed by atoms with van der Waals surface area (Å²) in [4.78, 5) is 24.5. The smallest absolute Gasteiger partial charge is 0.182 e. The van der Waals surface area contributed by atoms with Crippen LogP contribution in [0.25, 0.3) is 11.2 Å². The van der Waals surface area contributed by atoms with E-state index in [9.17, 15) is 0 Å². The Morgan fingerprint density at radius 1 is 0.971 bits per heavy atom. The monoisotopic (exact) mass is 470 g/mol. The quantitative estimate of drug-likeness (QED) is 0.442. The first-order valence-electron chi connectivity index (χ1n) is 12.8. The summed E-state index contributed by atoms with van der Waals surface area (Å²) in [6.07, 6.45) is 14.2. The predicted molar refractivity (Wildman–Crippen MR) is 129 cm³/mol. The Hall–Kier alpha value is -3.20. The van der Waals surface area contributed by atoms with Crippen molar-refractivity contribution in [3.8, 4) is 0 Å². The van der Waals surface area contributed by atoms with Gasteiger partial charge in [0.15, 0.2) is 5.65 Å². The fourth-order valence-electron chi connectivity index (χ4n) is 5.52. The molecular weight excluding hydrogens is 440 g/mol. The molecule has 6 heterocycles. The third kappa shape index (κ3) is 3.82. The standard InChI is InChI=1S/C26H30N8O/c1-15-16(2)30-26-24(29-15)23(17-5-8-33-9-7-27-22(33)12-17)31-25(32-26)18-6-10-35-21(11-18)19-13-28-34(14-19)20-3-4-20/h7,9,13-14,17-18,20-21H,3-6,8,10-12H2,1-2H3/t17?,18-,21-/m1/s1. The van der Waals surface area contributed by atoms with E-state index >= 15 is 0 Å². The highest BCUT2D eigenvalue weighted by Gasteiger charge is 2.32. The number of hydrogen-bond donors (Lipinski definition) is 0. The predicted octanol–water partition coefficient (Wildman–Crippen LogP) is 4.13. The lowest BCUT2D eigenvalue weighted by Crippen LogP contribution is -2.23. The highest BCUT2D eigenvalue weighted by atomic mass is 16.5. The van der Waals surface area contributed by atoms with E-state index in [1.807, 2.05) is 26.2 Å². The summed E-state index contributed by atoms with van der Waals surface area (Å²) in [6, 6.07) is 0.575. The van der Waals surface area contributed by atoms with Crippen LogP contribution in [0.1, 0.15) is 90.4 Å². The average Bonchev–Trinajstić information content (AvgIpc) is 3.41. The lowest BCUT2D eigenvalue weighted by Gasteiger charge is -2.29. The number of hydrogen-bond acceptors (Lipinski definition) is 7. The number of imidazole rings is 1. The number of aromatic nitrogens is 8. The fraction of sp³-hybridized carbons (Fsp3) is 0.538. The van der Waals surface area contributed by atoms with Crippen LogP contribution in [-0.2, 0) is 17.7 Å². The van der Waals surface area contributed by atoms with Crippen LogP contribution in [0.3, 0.4) is 0 Å². The maximum atomic E-state index is 6.18. The molecule has 2 aliphatic heterocycles. The molecule has 1 saturated carbocycles. The van der Waals surface area contributed by atoms with Crippen LogP contribution in [0.2, 0.25) is 0 Å². The number of rotatable bonds is 4. The van der Waals surface area contributed by atoms with Gasteiger partial charge in [-0.15, -0.1) is 0 Å². The van der Waals surface area contributed by atoms with Crippen molar-refractivity contribution in [2.45, 2.75) is 82.9 Å². The van der Waals surface area contributed by atoms with E-state index in [1.54, 1.807) is 0 Å². The summed E-state index contributed by atoms with van der Waals surface area (Å²) in [7, 11) is 0. The minimum absolute atomic E-state index is 0.0250. The van der Waals surface area contributed by atoms with Gasteiger partial charge < -0.3 is 9.30 Å². The van der Waals surface area contributed by atoms with E-state index in [0.29, 0.717) is 18.3 Å². The third-order valence-corrected chi connectivity index (χ3v) is 7.89. The second-order valence-electron chi connectivity index (χ2n) is 10.3. The van der Waals surface area contributed by atoms with Gasteiger partial charge in [-0.05, 0) is 46.0 Å². The van der Waals surface area contributed by atoms with Crippen LogP contribution in [0.5, 0.6) is 0 Å². The van der Waals surface area contributed by atoms with E-state index < -0.39 is 0 Å². The molecule has 1 saturated heterocycles. The Labute approximate surface area is 204 Å². The Morgan fingerprint density at radius 3 is 2.74 bits per heavy atom. The van der Waals surface area contributed by atoms with Gasteiger partial charge in [-0.25, -0.2) is 24.9 Å².